The van der Waals surface area contributed by atoms with Crippen molar-refractivity contribution in [2.45, 2.75) is 57.5 Å². The second-order valence-electron chi connectivity index (χ2n) is 5.74. The summed E-state index contributed by atoms with van der Waals surface area (Å²) in [6, 6.07) is 0. The highest BCUT2D eigenvalue weighted by Crippen LogP contribution is 2.36. The molecule has 0 aromatic rings. The summed E-state index contributed by atoms with van der Waals surface area (Å²) in [7, 11) is 0. The van der Waals surface area contributed by atoms with Crippen LogP contribution in [0.4, 0.5) is 0 Å². The predicted octanol–water partition coefficient (Wildman–Crippen LogP) is 2.00. The molecule has 18 heavy (non-hydrogen) atoms. The molecule has 2 saturated carbocycles. The van der Waals surface area contributed by atoms with Crippen LogP contribution in [0.15, 0.2) is 0 Å². The van der Waals surface area contributed by atoms with Crippen molar-refractivity contribution < 1.29 is 19.8 Å². The van der Waals surface area contributed by atoms with Gasteiger partial charge in [0.1, 0.15) is 5.78 Å². The number of hydrogen-bond donors (Lipinski definition) is 2. The van der Waals surface area contributed by atoms with Crippen molar-refractivity contribution in [2.24, 2.45) is 17.8 Å². The Bertz CT molecular complexity index is 318. The first-order valence-electron chi connectivity index (χ1n) is 7.04. The normalized spacial score (nSPS) is 37.2. The van der Waals surface area contributed by atoms with Gasteiger partial charge in [0.15, 0.2) is 0 Å². The number of rotatable bonds is 3. The molecule has 0 radical (unpaired) electrons. The van der Waals surface area contributed by atoms with E-state index in [9.17, 15) is 19.8 Å². The molecule has 0 bridgehead atoms. The van der Waals surface area contributed by atoms with E-state index in [1.54, 1.807) is 0 Å². The molecule has 0 aromatic carbocycles. The van der Waals surface area contributed by atoms with Crippen molar-refractivity contribution in [2.75, 3.05) is 0 Å². The maximum Gasteiger partial charge on any atom is 0.307 e. The molecule has 0 amide bonds. The van der Waals surface area contributed by atoms with Crippen LogP contribution in [0.25, 0.3) is 0 Å². The van der Waals surface area contributed by atoms with Gasteiger partial charge < -0.3 is 10.2 Å². The van der Waals surface area contributed by atoms with E-state index >= 15 is 0 Å². The summed E-state index contributed by atoms with van der Waals surface area (Å²) in [6.07, 6.45) is 5.80. The molecule has 2 N–H and O–H groups in total. The lowest BCUT2D eigenvalue weighted by Gasteiger charge is -2.32. The van der Waals surface area contributed by atoms with Crippen molar-refractivity contribution in [1.29, 1.82) is 0 Å². The van der Waals surface area contributed by atoms with E-state index in [1.165, 1.54) is 0 Å². The van der Waals surface area contributed by atoms with Crippen LogP contribution in [0, 0.1) is 17.8 Å². The highest BCUT2D eigenvalue weighted by molar-refractivity contribution is 5.88. The first kappa shape index (κ1) is 13.5. The maximum absolute atomic E-state index is 12.4. The molecule has 0 heterocycles. The third kappa shape index (κ3) is 2.91. The Balaban J connectivity index is 2.00. The van der Waals surface area contributed by atoms with E-state index in [2.05, 4.69) is 0 Å². The van der Waals surface area contributed by atoms with Crippen LogP contribution >= 0.6 is 0 Å². The highest BCUT2D eigenvalue weighted by Gasteiger charge is 2.39. The molecular weight excluding hydrogens is 232 g/mol. The fourth-order valence-electron chi connectivity index (χ4n) is 3.43. The third-order valence-corrected chi connectivity index (χ3v) is 4.55. The number of carbonyl (C=O) groups is 2. The summed E-state index contributed by atoms with van der Waals surface area (Å²) in [6.45, 7) is 0. The van der Waals surface area contributed by atoms with Crippen LogP contribution in [0.2, 0.25) is 0 Å². The van der Waals surface area contributed by atoms with Gasteiger partial charge in [0.2, 0.25) is 0 Å². The standard InChI is InChI=1S/C14H22O4/c15-10-7-5-9(6-8-10)13(16)11-3-1-2-4-12(11)14(17)18/h9-12,15H,1-8H2,(H,17,18). The van der Waals surface area contributed by atoms with Gasteiger partial charge in [-0.05, 0) is 38.5 Å². The fraction of sp³-hybridized carbons (Fsp3) is 0.857. The van der Waals surface area contributed by atoms with Gasteiger partial charge in [0.25, 0.3) is 0 Å². The smallest absolute Gasteiger partial charge is 0.307 e. The molecule has 2 atom stereocenters. The van der Waals surface area contributed by atoms with Gasteiger partial charge in [-0.25, -0.2) is 0 Å². The number of aliphatic hydroxyl groups excluding tert-OH is 1. The van der Waals surface area contributed by atoms with E-state index in [0.29, 0.717) is 19.3 Å². The quantitative estimate of drug-likeness (QED) is 0.807. The van der Waals surface area contributed by atoms with Crippen LogP contribution < -0.4 is 0 Å². The summed E-state index contributed by atoms with van der Waals surface area (Å²) in [4.78, 5) is 23.6. The molecule has 0 aromatic heterocycles. The molecule has 102 valence electrons. The third-order valence-electron chi connectivity index (χ3n) is 4.55. The summed E-state index contributed by atoms with van der Waals surface area (Å²) in [5.74, 6) is -1.44. The number of Topliss-reactive ketones (excluding diaryl/α,β-unsaturated/α-hetero) is 1. The molecule has 2 aliphatic carbocycles. The first-order chi connectivity index (χ1) is 8.59. The van der Waals surface area contributed by atoms with Crippen molar-refractivity contribution >= 4 is 11.8 Å². The molecule has 0 spiro atoms. The molecule has 4 nitrogen and oxygen atoms in total. The van der Waals surface area contributed by atoms with Crippen LogP contribution in [0.5, 0.6) is 0 Å². The minimum absolute atomic E-state index is 0.0154. The van der Waals surface area contributed by atoms with Crippen LogP contribution in [0.1, 0.15) is 51.4 Å². The monoisotopic (exact) mass is 254 g/mol. The first-order valence-corrected chi connectivity index (χ1v) is 7.04. The second-order valence-corrected chi connectivity index (χ2v) is 5.74. The van der Waals surface area contributed by atoms with E-state index in [1.807, 2.05) is 0 Å². The number of carbonyl (C=O) groups excluding carboxylic acids is 1. The fourth-order valence-corrected chi connectivity index (χ4v) is 3.43. The summed E-state index contributed by atoms with van der Waals surface area (Å²) in [5, 5.41) is 18.7. The lowest BCUT2D eigenvalue weighted by molar-refractivity contribution is -0.149. The number of hydrogen-bond acceptors (Lipinski definition) is 3. The lowest BCUT2D eigenvalue weighted by atomic mass is 9.71. The van der Waals surface area contributed by atoms with E-state index in [0.717, 1.165) is 32.1 Å². The number of carboxylic acids is 1. The summed E-state index contributed by atoms with van der Waals surface area (Å²) in [5.41, 5.74) is 0. The van der Waals surface area contributed by atoms with Crippen molar-refractivity contribution in [3.63, 3.8) is 0 Å². The molecule has 2 unspecified atom stereocenters. The molecule has 4 heteroatoms. The van der Waals surface area contributed by atoms with Gasteiger partial charge in [-0.1, -0.05) is 12.8 Å². The van der Waals surface area contributed by atoms with E-state index in [-0.39, 0.29) is 23.7 Å². The zero-order valence-electron chi connectivity index (χ0n) is 10.7. The number of aliphatic carboxylic acids is 1. The number of aliphatic hydroxyl groups is 1. The van der Waals surface area contributed by atoms with Gasteiger partial charge in [0, 0.05) is 11.8 Å². The molecule has 2 aliphatic rings. The van der Waals surface area contributed by atoms with E-state index in [4.69, 9.17) is 0 Å². The predicted molar refractivity (Wildman–Crippen MR) is 66.1 cm³/mol. The molecule has 2 rings (SSSR count). The molecule has 0 saturated heterocycles. The topological polar surface area (TPSA) is 74.6 Å². The Morgan fingerprint density at radius 1 is 0.833 bits per heavy atom. The lowest BCUT2D eigenvalue weighted by Crippen LogP contribution is -2.37. The van der Waals surface area contributed by atoms with E-state index < -0.39 is 11.9 Å². The van der Waals surface area contributed by atoms with Crippen molar-refractivity contribution in [3.8, 4) is 0 Å². The SMILES string of the molecule is O=C(O)C1CCCCC1C(=O)C1CCC(O)CC1. The van der Waals surface area contributed by atoms with Crippen molar-refractivity contribution in [1.82, 2.24) is 0 Å². The van der Waals surface area contributed by atoms with Crippen LogP contribution in [0.3, 0.4) is 0 Å². The Hall–Kier alpha value is -0.900. The van der Waals surface area contributed by atoms with Gasteiger partial charge in [0.05, 0.1) is 12.0 Å². The van der Waals surface area contributed by atoms with Crippen molar-refractivity contribution in [3.05, 3.63) is 0 Å². The second kappa shape index (κ2) is 5.83. The zero-order chi connectivity index (χ0) is 13.1. The Morgan fingerprint density at radius 3 is 1.94 bits per heavy atom. The van der Waals surface area contributed by atoms with Gasteiger partial charge in [-0.3, -0.25) is 9.59 Å². The van der Waals surface area contributed by atoms with Gasteiger partial charge >= 0.3 is 5.97 Å². The Morgan fingerprint density at radius 2 is 1.39 bits per heavy atom. The Kier molecular flexibility index (Phi) is 4.38. The van der Waals surface area contributed by atoms with Crippen LogP contribution in [-0.4, -0.2) is 28.1 Å². The molecule has 0 aliphatic heterocycles. The molecular formula is C14H22O4. The minimum Gasteiger partial charge on any atom is -0.481 e. The Labute approximate surface area is 107 Å². The average molecular weight is 254 g/mol. The van der Waals surface area contributed by atoms with Crippen LogP contribution in [-0.2, 0) is 9.59 Å². The van der Waals surface area contributed by atoms with Gasteiger partial charge in [-0.2, -0.15) is 0 Å². The maximum atomic E-state index is 12.4. The zero-order valence-corrected chi connectivity index (χ0v) is 10.7. The largest absolute Gasteiger partial charge is 0.481 e. The minimum atomic E-state index is -0.816. The summed E-state index contributed by atoms with van der Waals surface area (Å²) < 4.78 is 0. The summed E-state index contributed by atoms with van der Waals surface area (Å²) >= 11 is 0. The molecule has 2 fully saturated rings. The van der Waals surface area contributed by atoms with Gasteiger partial charge in [-0.15, -0.1) is 0 Å². The number of carboxylic acid groups (broad SMARTS) is 1. The average Bonchev–Trinajstić information content (AvgIpc) is 2.39. The highest BCUT2D eigenvalue weighted by atomic mass is 16.4. The number of ketones is 1.